The summed E-state index contributed by atoms with van der Waals surface area (Å²) in [4.78, 5) is 0. The monoisotopic (exact) mass is 264 g/mol. The van der Waals surface area contributed by atoms with Crippen molar-refractivity contribution in [3.05, 3.63) is 21.8 Å². The first-order valence-electron chi connectivity index (χ1n) is 3.04. The second kappa shape index (κ2) is 3.38. The average Bonchev–Trinajstić information content (AvgIpc) is 1.88. The fraction of sp³-hybridized carbons (Fsp3) is 0.143. The second-order valence-corrected chi connectivity index (χ2v) is 4.44. The first kappa shape index (κ1) is 8.07. The summed E-state index contributed by atoms with van der Waals surface area (Å²) in [7, 11) is 2.77. The Labute approximate surface area is 77.3 Å². The van der Waals surface area contributed by atoms with Crippen LogP contribution < -0.4 is 9.92 Å². The Kier molecular flexibility index (Phi) is 2.73. The quantitative estimate of drug-likeness (QED) is 0.523. The fourth-order valence-corrected chi connectivity index (χ4v) is 2.76. The van der Waals surface area contributed by atoms with Crippen LogP contribution in [-0.2, 0) is 0 Å². The van der Waals surface area contributed by atoms with Gasteiger partial charge in [-0.25, -0.2) is 0 Å². The Bertz CT molecular complexity index is 237. The SMILES string of the molecule is COc1ccc(I)cc1[SiH3]. The van der Waals surface area contributed by atoms with Gasteiger partial charge in [-0.15, -0.1) is 0 Å². The standard InChI is InChI=1S/C7H9IOSi/c1-9-6-3-2-5(8)4-7(6)10/h2-4H,1,10H3. The lowest BCUT2D eigenvalue weighted by Gasteiger charge is -2.02. The lowest BCUT2D eigenvalue weighted by Crippen LogP contribution is -2.06. The van der Waals surface area contributed by atoms with Crippen LogP contribution in [0, 0.1) is 3.57 Å². The van der Waals surface area contributed by atoms with Gasteiger partial charge < -0.3 is 4.74 Å². The van der Waals surface area contributed by atoms with Crippen molar-refractivity contribution in [3.63, 3.8) is 0 Å². The maximum absolute atomic E-state index is 5.13. The van der Waals surface area contributed by atoms with Crippen LogP contribution in [0.15, 0.2) is 18.2 Å². The van der Waals surface area contributed by atoms with E-state index in [1.807, 2.05) is 6.07 Å². The van der Waals surface area contributed by atoms with E-state index >= 15 is 0 Å². The molecule has 0 N–H and O–H groups in total. The number of benzene rings is 1. The smallest absolute Gasteiger partial charge is 0.117 e. The maximum atomic E-state index is 5.13. The second-order valence-electron chi connectivity index (χ2n) is 2.11. The molecule has 0 bridgehead atoms. The van der Waals surface area contributed by atoms with Crippen molar-refractivity contribution < 1.29 is 4.74 Å². The number of hydrogen-bond acceptors (Lipinski definition) is 1. The number of methoxy groups -OCH3 is 1. The topological polar surface area (TPSA) is 9.23 Å². The van der Waals surface area contributed by atoms with E-state index in [9.17, 15) is 0 Å². The van der Waals surface area contributed by atoms with Gasteiger partial charge in [-0.3, -0.25) is 0 Å². The minimum atomic E-state index is 1.02. The van der Waals surface area contributed by atoms with Gasteiger partial charge in [0.15, 0.2) is 0 Å². The fourth-order valence-electron chi connectivity index (χ4n) is 0.842. The lowest BCUT2D eigenvalue weighted by atomic mass is 10.3. The van der Waals surface area contributed by atoms with Gasteiger partial charge in [0.25, 0.3) is 0 Å². The summed E-state index contributed by atoms with van der Waals surface area (Å²) in [6.07, 6.45) is 0. The molecule has 54 valence electrons. The number of halogens is 1. The maximum Gasteiger partial charge on any atom is 0.117 e. The first-order valence-corrected chi connectivity index (χ1v) is 5.12. The minimum Gasteiger partial charge on any atom is -0.497 e. The van der Waals surface area contributed by atoms with Crippen LogP contribution in [0.1, 0.15) is 0 Å². The minimum absolute atomic E-state index is 1.02. The highest BCUT2D eigenvalue weighted by atomic mass is 127. The number of ether oxygens (including phenoxy) is 1. The van der Waals surface area contributed by atoms with E-state index in [1.54, 1.807) is 7.11 Å². The van der Waals surface area contributed by atoms with Gasteiger partial charge in [0.05, 0.1) is 7.11 Å². The summed E-state index contributed by atoms with van der Waals surface area (Å²) in [5.74, 6) is 1.02. The van der Waals surface area contributed by atoms with E-state index in [2.05, 4.69) is 34.7 Å². The van der Waals surface area contributed by atoms with Gasteiger partial charge in [0.1, 0.15) is 5.75 Å². The number of rotatable bonds is 1. The van der Waals surface area contributed by atoms with Crippen molar-refractivity contribution in [1.29, 1.82) is 0 Å². The molecule has 0 amide bonds. The van der Waals surface area contributed by atoms with Crippen molar-refractivity contribution in [2.75, 3.05) is 7.11 Å². The molecule has 0 atom stereocenters. The zero-order valence-corrected chi connectivity index (χ0v) is 10.2. The Morgan fingerprint density at radius 3 is 2.70 bits per heavy atom. The van der Waals surface area contributed by atoms with Crippen molar-refractivity contribution in [2.45, 2.75) is 0 Å². The van der Waals surface area contributed by atoms with Gasteiger partial charge in [-0.05, 0) is 46.0 Å². The summed E-state index contributed by atoms with van der Waals surface area (Å²) in [5, 5.41) is 1.33. The molecule has 1 aromatic carbocycles. The molecule has 0 fully saturated rings. The third-order valence-electron chi connectivity index (χ3n) is 1.36. The Hall–Kier alpha value is -0.0331. The molecule has 0 saturated carbocycles. The van der Waals surface area contributed by atoms with E-state index in [0.717, 1.165) is 16.0 Å². The van der Waals surface area contributed by atoms with Gasteiger partial charge in [-0.2, -0.15) is 0 Å². The van der Waals surface area contributed by atoms with Crippen LogP contribution in [0.2, 0.25) is 0 Å². The van der Waals surface area contributed by atoms with E-state index in [0.29, 0.717) is 0 Å². The highest BCUT2D eigenvalue weighted by molar-refractivity contribution is 14.1. The molecular formula is C7H9IOSi. The summed E-state index contributed by atoms with van der Waals surface area (Å²) in [6, 6.07) is 6.23. The molecule has 1 nitrogen and oxygen atoms in total. The third-order valence-corrected chi connectivity index (χ3v) is 2.81. The molecule has 0 aliphatic carbocycles. The summed E-state index contributed by atoms with van der Waals surface area (Å²) in [5.41, 5.74) is 0. The van der Waals surface area contributed by atoms with E-state index in [-0.39, 0.29) is 0 Å². The van der Waals surface area contributed by atoms with Crippen LogP contribution in [0.5, 0.6) is 5.75 Å². The van der Waals surface area contributed by atoms with Crippen LogP contribution in [0.4, 0.5) is 0 Å². The van der Waals surface area contributed by atoms with Crippen molar-refractivity contribution in [2.24, 2.45) is 0 Å². The van der Waals surface area contributed by atoms with Gasteiger partial charge in [0.2, 0.25) is 0 Å². The predicted octanol–water partition coefficient (Wildman–Crippen LogP) is 0.290. The van der Waals surface area contributed by atoms with Crippen molar-refractivity contribution in [1.82, 2.24) is 0 Å². The van der Waals surface area contributed by atoms with Crippen molar-refractivity contribution in [3.8, 4) is 5.75 Å². The molecule has 0 aliphatic rings. The predicted molar refractivity (Wildman–Crippen MR) is 55.3 cm³/mol. The molecule has 0 aliphatic heterocycles. The molecule has 0 heterocycles. The zero-order chi connectivity index (χ0) is 7.56. The van der Waals surface area contributed by atoms with E-state index in [4.69, 9.17) is 4.74 Å². The molecule has 0 saturated heterocycles. The zero-order valence-electron chi connectivity index (χ0n) is 6.02. The third kappa shape index (κ3) is 1.73. The Balaban J connectivity index is 3.07. The summed E-state index contributed by atoms with van der Waals surface area (Å²) < 4.78 is 6.41. The van der Waals surface area contributed by atoms with E-state index < -0.39 is 0 Å². The Morgan fingerprint density at radius 2 is 2.20 bits per heavy atom. The molecule has 3 heteroatoms. The molecule has 0 unspecified atom stereocenters. The van der Waals surface area contributed by atoms with Crippen LogP contribution >= 0.6 is 22.6 Å². The molecule has 0 aromatic heterocycles. The molecular weight excluding hydrogens is 255 g/mol. The molecule has 0 radical (unpaired) electrons. The molecule has 1 aromatic rings. The Morgan fingerprint density at radius 1 is 1.50 bits per heavy atom. The van der Waals surface area contributed by atoms with Gasteiger partial charge >= 0.3 is 0 Å². The van der Waals surface area contributed by atoms with Gasteiger partial charge in [-0.1, -0.05) is 0 Å². The van der Waals surface area contributed by atoms with Gasteiger partial charge in [0, 0.05) is 13.8 Å². The highest BCUT2D eigenvalue weighted by Gasteiger charge is 1.95. The van der Waals surface area contributed by atoms with E-state index in [1.165, 1.54) is 8.76 Å². The lowest BCUT2D eigenvalue weighted by molar-refractivity contribution is 0.418. The average molecular weight is 264 g/mol. The van der Waals surface area contributed by atoms with Crippen LogP contribution in [-0.4, -0.2) is 17.4 Å². The summed E-state index contributed by atoms with van der Waals surface area (Å²) >= 11 is 2.31. The number of hydrogen-bond donors (Lipinski definition) is 0. The first-order chi connectivity index (χ1) is 4.74. The van der Waals surface area contributed by atoms with Crippen LogP contribution in [0.25, 0.3) is 0 Å². The summed E-state index contributed by atoms with van der Waals surface area (Å²) in [6.45, 7) is 0. The van der Waals surface area contributed by atoms with Crippen LogP contribution in [0.3, 0.4) is 0 Å². The molecule has 10 heavy (non-hydrogen) atoms. The normalized spacial score (nSPS) is 9.80. The largest absolute Gasteiger partial charge is 0.497 e. The molecule has 0 spiro atoms. The highest BCUT2D eigenvalue weighted by Crippen LogP contribution is 2.08. The van der Waals surface area contributed by atoms with Crippen molar-refractivity contribution >= 4 is 38.0 Å². The molecule has 1 rings (SSSR count).